The smallest absolute Gasteiger partial charge is 0.205 e. The number of piperidine rings is 1. The Labute approximate surface area is 136 Å². The lowest BCUT2D eigenvalue weighted by Gasteiger charge is -2.27. The van der Waals surface area contributed by atoms with Crippen molar-refractivity contribution in [1.82, 2.24) is 9.36 Å². The number of anilines is 1. The summed E-state index contributed by atoms with van der Waals surface area (Å²) in [4.78, 5) is 6.49. The molecule has 1 aliphatic heterocycles. The lowest BCUT2D eigenvalue weighted by molar-refractivity contribution is 0.577. The molecule has 1 aliphatic rings. The van der Waals surface area contributed by atoms with Gasteiger partial charge in [-0.05, 0) is 38.0 Å². The zero-order chi connectivity index (χ0) is 16.4. The van der Waals surface area contributed by atoms with Gasteiger partial charge in [0.2, 0.25) is 5.13 Å². The Hall–Kier alpha value is -2.33. The van der Waals surface area contributed by atoms with Gasteiger partial charge in [-0.1, -0.05) is 5.57 Å². The number of aromatic nitrogens is 2. The van der Waals surface area contributed by atoms with E-state index in [4.69, 9.17) is 5.26 Å². The summed E-state index contributed by atoms with van der Waals surface area (Å²) in [5.41, 5.74) is 0.910. The van der Waals surface area contributed by atoms with Crippen molar-refractivity contribution in [2.24, 2.45) is 0 Å². The van der Waals surface area contributed by atoms with Crippen molar-refractivity contribution in [3.63, 3.8) is 0 Å². The molecular formula is C16H14F2N4S. The molecule has 1 fully saturated rings. The van der Waals surface area contributed by atoms with E-state index in [2.05, 4.69) is 14.3 Å². The molecule has 7 heteroatoms. The Balaban J connectivity index is 1.75. The van der Waals surface area contributed by atoms with E-state index in [0.29, 0.717) is 0 Å². The first-order chi connectivity index (χ1) is 11.1. The van der Waals surface area contributed by atoms with Gasteiger partial charge in [0.1, 0.15) is 17.5 Å². The Kier molecular flexibility index (Phi) is 4.35. The van der Waals surface area contributed by atoms with Gasteiger partial charge in [-0.25, -0.2) is 13.8 Å². The van der Waals surface area contributed by atoms with Crippen molar-refractivity contribution >= 4 is 22.7 Å². The fraction of sp³-hybridized carbons (Fsp3) is 0.312. The van der Waals surface area contributed by atoms with E-state index in [9.17, 15) is 8.78 Å². The fourth-order valence-corrected chi connectivity index (χ4v) is 3.26. The second-order valence-electron chi connectivity index (χ2n) is 5.38. The van der Waals surface area contributed by atoms with Crippen LogP contribution >= 0.6 is 11.5 Å². The minimum atomic E-state index is -0.698. The van der Waals surface area contributed by atoms with Gasteiger partial charge < -0.3 is 4.90 Å². The monoisotopic (exact) mass is 332 g/mol. The van der Waals surface area contributed by atoms with E-state index in [-0.39, 0.29) is 11.1 Å². The van der Waals surface area contributed by atoms with Gasteiger partial charge in [-0.2, -0.15) is 9.64 Å². The zero-order valence-electron chi connectivity index (χ0n) is 12.5. The SMILES string of the molecule is Cc1nsc(N2CCC(=Cc3c(F)cc(C#N)cc3F)CC2)n1. The first-order valence-corrected chi connectivity index (χ1v) is 7.98. The summed E-state index contributed by atoms with van der Waals surface area (Å²) in [5.74, 6) is -0.638. The molecule has 1 aromatic carbocycles. The summed E-state index contributed by atoms with van der Waals surface area (Å²) >= 11 is 1.36. The number of benzene rings is 1. The van der Waals surface area contributed by atoms with Crippen molar-refractivity contribution in [2.75, 3.05) is 18.0 Å². The molecule has 4 nitrogen and oxygen atoms in total. The summed E-state index contributed by atoms with van der Waals surface area (Å²) < 4.78 is 32.0. The molecule has 0 atom stereocenters. The largest absolute Gasteiger partial charge is 0.346 e. The molecule has 0 saturated carbocycles. The molecule has 3 rings (SSSR count). The minimum Gasteiger partial charge on any atom is -0.346 e. The fourth-order valence-electron chi connectivity index (χ4n) is 2.53. The Morgan fingerprint density at radius 3 is 2.43 bits per heavy atom. The zero-order valence-corrected chi connectivity index (χ0v) is 13.3. The molecule has 118 valence electrons. The molecule has 0 aliphatic carbocycles. The van der Waals surface area contributed by atoms with Crippen molar-refractivity contribution in [1.29, 1.82) is 5.26 Å². The molecule has 1 saturated heterocycles. The average molecular weight is 332 g/mol. The molecule has 2 heterocycles. The highest BCUT2D eigenvalue weighted by Gasteiger charge is 2.18. The molecule has 0 spiro atoms. The second-order valence-corrected chi connectivity index (χ2v) is 6.11. The van der Waals surface area contributed by atoms with E-state index >= 15 is 0 Å². The molecule has 0 amide bonds. The van der Waals surface area contributed by atoms with Crippen molar-refractivity contribution < 1.29 is 8.78 Å². The van der Waals surface area contributed by atoms with E-state index in [1.807, 2.05) is 6.92 Å². The number of halogens is 2. The summed E-state index contributed by atoms with van der Waals surface area (Å²) in [6.45, 7) is 3.35. The number of nitrogens with zero attached hydrogens (tertiary/aromatic N) is 4. The summed E-state index contributed by atoms with van der Waals surface area (Å²) in [7, 11) is 0. The van der Waals surface area contributed by atoms with Gasteiger partial charge >= 0.3 is 0 Å². The van der Waals surface area contributed by atoms with Crippen LogP contribution in [0, 0.1) is 29.9 Å². The molecular weight excluding hydrogens is 318 g/mol. The maximum absolute atomic E-state index is 13.9. The summed E-state index contributed by atoms with van der Waals surface area (Å²) in [5, 5.41) is 9.61. The number of hydrogen-bond donors (Lipinski definition) is 0. The second kappa shape index (κ2) is 6.42. The van der Waals surface area contributed by atoms with Crippen LogP contribution in [0.5, 0.6) is 0 Å². The van der Waals surface area contributed by atoms with Crippen LogP contribution in [0.15, 0.2) is 17.7 Å². The van der Waals surface area contributed by atoms with Crippen molar-refractivity contribution in [3.8, 4) is 6.07 Å². The van der Waals surface area contributed by atoms with Crippen LogP contribution in [0.1, 0.15) is 29.8 Å². The molecule has 23 heavy (non-hydrogen) atoms. The molecule has 2 aromatic rings. The third-order valence-electron chi connectivity index (χ3n) is 3.75. The maximum Gasteiger partial charge on any atom is 0.205 e. The predicted molar refractivity (Wildman–Crippen MR) is 85.1 cm³/mol. The van der Waals surface area contributed by atoms with Crippen molar-refractivity contribution in [2.45, 2.75) is 19.8 Å². The van der Waals surface area contributed by atoms with E-state index in [0.717, 1.165) is 54.6 Å². The summed E-state index contributed by atoms with van der Waals surface area (Å²) in [6.07, 6.45) is 3.00. The first-order valence-electron chi connectivity index (χ1n) is 7.20. The van der Waals surface area contributed by atoms with E-state index < -0.39 is 11.6 Å². The molecule has 0 bridgehead atoms. The summed E-state index contributed by atoms with van der Waals surface area (Å²) in [6, 6.07) is 3.87. The van der Waals surface area contributed by atoms with Gasteiger partial charge in [0.05, 0.1) is 11.6 Å². The quantitative estimate of drug-likeness (QED) is 0.842. The Bertz CT molecular complexity index is 774. The van der Waals surface area contributed by atoms with Gasteiger partial charge in [0, 0.05) is 30.2 Å². The standard InChI is InChI=1S/C16H14F2N4S/c1-10-20-16(23-21-10)22-4-2-11(3-5-22)6-13-14(17)7-12(9-19)8-15(13)18/h6-8H,2-5H2,1H3. The topological polar surface area (TPSA) is 52.8 Å². The number of aryl methyl sites for hydroxylation is 1. The van der Waals surface area contributed by atoms with Crippen LogP contribution in [0.3, 0.4) is 0 Å². The van der Waals surface area contributed by atoms with E-state index in [1.165, 1.54) is 11.5 Å². The van der Waals surface area contributed by atoms with Crippen LogP contribution in [0.4, 0.5) is 13.9 Å². The Morgan fingerprint density at radius 1 is 1.26 bits per heavy atom. The Morgan fingerprint density at radius 2 is 1.91 bits per heavy atom. The lowest BCUT2D eigenvalue weighted by atomic mass is 10.00. The van der Waals surface area contributed by atoms with Crippen LogP contribution in [-0.4, -0.2) is 22.4 Å². The van der Waals surface area contributed by atoms with Crippen LogP contribution in [-0.2, 0) is 0 Å². The molecule has 1 aromatic heterocycles. The highest BCUT2D eigenvalue weighted by Crippen LogP contribution is 2.27. The molecule has 0 N–H and O–H groups in total. The minimum absolute atomic E-state index is 0.0105. The highest BCUT2D eigenvalue weighted by molar-refractivity contribution is 7.09. The predicted octanol–water partition coefficient (Wildman–Crippen LogP) is 3.68. The van der Waals surface area contributed by atoms with Gasteiger partial charge in [-0.3, -0.25) is 0 Å². The third kappa shape index (κ3) is 3.37. The maximum atomic E-state index is 13.9. The molecule has 0 radical (unpaired) electrons. The van der Waals surface area contributed by atoms with E-state index in [1.54, 1.807) is 12.1 Å². The van der Waals surface area contributed by atoms with Crippen LogP contribution < -0.4 is 4.90 Å². The normalized spacial score (nSPS) is 14.7. The van der Waals surface area contributed by atoms with Gasteiger partial charge in [0.25, 0.3) is 0 Å². The van der Waals surface area contributed by atoms with Gasteiger partial charge in [0.15, 0.2) is 0 Å². The third-order valence-corrected chi connectivity index (χ3v) is 4.62. The molecule has 0 unspecified atom stereocenters. The van der Waals surface area contributed by atoms with Crippen molar-refractivity contribution in [3.05, 3.63) is 46.3 Å². The highest BCUT2D eigenvalue weighted by atomic mass is 32.1. The number of hydrogen-bond acceptors (Lipinski definition) is 5. The first kappa shape index (κ1) is 15.6. The van der Waals surface area contributed by atoms with Crippen LogP contribution in [0.25, 0.3) is 6.08 Å². The van der Waals surface area contributed by atoms with Gasteiger partial charge in [-0.15, -0.1) is 0 Å². The number of rotatable bonds is 2. The lowest BCUT2D eigenvalue weighted by Crippen LogP contribution is -2.30. The van der Waals surface area contributed by atoms with Crippen LogP contribution in [0.2, 0.25) is 0 Å². The number of nitriles is 1. The average Bonchev–Trinajstić information content (AvgIpc) is 2.97.